The van der Waals surface area contributed by atoms with Gasteiger partial charge < -0.3 is 20.5 Å². The van der Waals surface area contributed by atoms with Crippen LogP contribution in [0.4, 0.5) is 10.2 Å². The molecular weight excluding hydrogens is 439 g/mol. The van der Waals surface area contributed by atoms with Crippen molar-refractivity contribution in [3.8, 4) is 0 Å². The largest absolute Gasteiger partial charge is 0.480 e. The third kappa shape index (κ3) is 6.28. The highest BCUT2D eigenvalue weighted by molar-refractivity contribution is 5.98. The number of carbonyl (C=O) groups is 2. The fourth-order valence-electron chi connectivity index (χ4n) is 4.20. The Morgan fingerprint density at radius 2 is 2.09 bits per heavy atom. The van der Waals surface area contributed by atoms with E-state index >= 15 is 0 Å². The summed E-state index contributed by atoms with van der Waals surface area (Å²) < 4.78 is 19.9. The Morgan fingerprint density at radius 3 is 2.88 bits per heavy atom. The van der Waals surface area contributed by atoms with Gasteiger partial charge in [0.25, 0.3) is 5.91 Å². The van der Waals surface area contributed by atoms with Gasteiger partial charge in [-0.1, -0.05) is 6.07 Å². The number of fused-ring (bicyclic) bond motifs is 1. The predicted molar refractivity (Wildman–Crippen MR) is 124 cm³/mol. The second kappa shape index (κ2) is 11.4. The van der Waals surface area contributed by atoms with E-state index < -0.39 is 23.7 Å². The predicted octanol–water partition coefficient (Wildman–Crippen LogP) is 3.46. The Balaban J connectivity index is 1.18. The number of amides is 1. The van der Waals surface area contributed by atoms with Crippen molar-refractivity contribution in [1.29, 1.82) is 0 Å². The summed E-state index contributed by atoms with van der Waals surface area (Å²) in [6.07, 6.45) is 9.12. The summed E-state index contributed by atoms with van der Waals surface area (Å²) in [5.74, 6) is -1.51. The number of carboxylic acids is 1. The minimum Gasteiger partial charge on any atom is -0.480 e. The first-order chi connectivity index (χ1) is 16.5. The van der Waals surface area contributed by atoms with Gasteiger partial charge in [0.2, 0.25) is 0 Å². The van der Waals surface area contributed by atoms with E-state index in [0.29, 0.717) is 12.2 Å². The summed E-state index contributed by atoms with van der Waals surface area (Å²) in [6, 6.07) is 3.07. The van der Waals surface area contributed by atoms with E-state index in [1.54, 1.807) is 0 Å². The van der Waals surface area contributed by atoms with Gasteiger partial charge in [0.05, 0.1) is 11.8 Å². The molecule has 8 nitrogen and oxygen atoms in total. The standard InChI is InChI=1S/C25H31FN4O4/c26-20-15-27-14-19(16-6-7-16)22(20)24(31)30-21(25(32)33)10-13-34-12-2-1-5-18-9-8-17-4-3-11-28-23(17)29-18/h8-9,14-16,21H,1-7,10-13H2,(H,28,29)(H,30,31)(H,32,33)/t21-/m0/s1. The second-order valence-electron chi connectivity index (χ2n) is 8.92. The average Bonchev–Trinajstić information content (AvgIpc) is 3.67. The third-order valence-electron chi connectivity index (χ3n) is 6.25. The zero-order chi connectivity index (χ0) is 23.9. The maximum Gasteiger partial charge on any atom is 0.326 e. The topological polar surface area (TPSA) is 113 Å². The summed E-state index contributed by atoms with van der Waals surface area (Å²) in [5, 5.41) is 15.3. The first kappa shape index (κ1) is 24.1. The number of pyridine rings is 2. The number of anilines is 1. The van der Waals surface area contributed by atoms with Crippen molar-refractivity contribution in [1.82, 2.24) is 15.3 Å². The Bertz CT molecular complexity index is 1030. The van der Waals surface area contributed by atoms with E-state index in [1.807, 2.05) is 0 Å². The van der Waals surface area contributed by atoms with Crippen molar-refractivity contribution in [2.75, 3.05) is 25.1 Å². The van der Waals surface area contributed by atoms with E-state index in [-0.39, 0.29) is 24.5 Å². The van der Waals surface area contributed by atoms with Crippen LogP contribution in [0.25, 0.3) is 0 Å². The SMILES string of the molecule is O=C(N[C@@H](CCOCCCCc1ccc2c(n1)NCCC2)C(=O)O)c1c(F)cncc1C1CC1. The number of hydrogen-bond acceptors (Lipinski definition) is 6. The highest BCUT2D eigenvalue weighted by atomic mass is 19.1. The number of rotatable bonds is 12. The fourth-order valence-corrected chi connectivity index (χ4v) is 4.20. The Kier molecular flexibility index (Phi) is 8.05. The number of carbonyl (C=O) groups excluding carboxylic acids is 1. The molecule has 1 aliphatic heterocycles. The Hall–Kier alpha value is -3.07. The number of ether oxygens (including phenoxy) is 1. The number of aromatic nitrogens is 2. The van der Waals surface area contributed by atoms with Gasteiger partial charge in [0.1, 0.15) is 11.9 Å². The molecule has 3 heterocycles. The molecule has 0 radical (unpaired) electrons. The molecule has 1 aliphatic carbocycles. The lowest BCUT2D eigenvalue weighted by Crippen LogP contribution is -2.42. The lowest BCUT2D eigenvalue weighted by atomic mass is 10.0. The molecule has 2 aromatic heterocycles. The number of aliphatic carboxylic acids is 1. The molecule has 1 atom stereocenters. The molecule has 0 bridgehead atoms. The van der Waals surface area contributed by atoms with Gasteiger partial charge in [-0.15, -0.1) is 0 Å². The lowest BCUT2D eigenvalue weighted by molar-refractivity contribution is -0.139. The molecule has 0 aromatic carbocycles. The van der Waals surface area contributed by atoms with Gasteiger partial charge >= 0.3 is 5.97 Å². The summed E-state index contributed by atoms with van der Waals surface area (Å²) in [4.78, 5) is 32.8. The molecule has 2 aliphatic rings. The molecular formula is C25H31FN4O4. The molecule has 4 rings (SSSR count). The number of halogens is 1. The van der Waals surface area contributed by atoms with Gasteiger partial charge in [-0.2, -0.15) is 0 Å². The maximum absolute atomic E-state index is 14.3. The van der Waals surface area contributed by atoms with Gasteiger partial charge in [-0.05, 0) is 68.1 Å². The van der Waals surface area contributed by atoms with E-state index in [1.165, 1.54) is 11.8 Å². The van der Waals surface area contributed by atoms with Gasteiger partial charge in [-0.25, -0.2) is 14.2 Å². The van der Waals surface area contributed by atoms with E-state index in [9.17, 15) is 19.1 Å². The van der Waals surface area contributed by atoms with Crippen molar-refractivity contribution < 1.29 is 23.8 Å². The van der Waals surface area contributed by atoms with Crippen LogP contribution in [0.5, 0.6) is 0 Å². The van der Waals surface area contributed by atoms with Gasteiger partial charge in [0, 0.05) is 38.1 Å². The van der Waals surface area contributed by atoms with Crippen LogP contribution < -0.4 is 10.6 Å². The number of unbranched alkanes of at least 4 members (excludes halogenated alkanes) is 1. The van der Waals surface area contributed by atoms with E-state index in [4.69, 9.17) is 4.74 Å². The number of nitrogens with zero attached hydrogens (tertiary/aromatic N) is 2. The molecule has 9 heteroatoms. The molecule has 1 fully saturated rings. The number of nitrogens with one attached hydrogen (secondary N) is 2. The fraction of sp³-hybridized carbons (Fsp3) is 0.520. The van der Waals surface area contributed by atoms with E-state index in [2.05, 4.69) is 32.7 Å². The molecule has 34 heavy (non-hydrogen) atoms. The highest BCUT2D eigenvalue weighted by Gasteiger charge is 2.32. The van der Waals surface area contributed by atoms with Crippen LogP contribution in [0.1, 0.15) is 71.6 Å². The minimum absolute atomic E-state index is 0.101. The summed E-state index contributed by atoms with van der Waals surface area (Å²) in [6.45, 7) is 1.65. The molecule has 2 aromatic rings. The highest BCUT2D eigenvalue weighted by Crippen LogP contribution is 2.41. The zero-order valence-electron chi connectivity index (χ0n) is 19.2. The van der Waals surface area contributed by atoms with Crippen molar-refractivity contribution in [2.24, 2.45) is 0 Å². The van der Waals surface area contributed by atoms with Crippen molar-refractivity contribution in [2.45, 2.75) is 63.3 Å². The van der Waals surface area contributed by atoms with Crippen LogP contribution in [0.2, 0.25) is 0 Å². The van der Waals surface area contributed by atoms with Crippen LogP contribution >= 0.6 is 0 Å². The van der Waals surface area contributed by atoms with Gasteiger partial charge in [-0.3, -0.25) is 9.78 Å². The normalized spacial score (nSPS) is 15.8. The van der Waals surface area contributed by atoms with Gasteiger partial charge in [0.15, 0.2) is 5.82 Å². The molecule has 1 amide bonds. The van der Waals surface area contributed by atoms with Crippen LogP contribution in [0, 0.1) is 5.82 Å². The Labute approximate surface area is 198 Å². The van der Waals surface area contributed by atoms with Crippen LogP contribution in [0.3, 0.4) is 0 Å². The maximum atomic E-state index is 14.3. The minimum atomic E-state index is -1.17. The van der Waals surface area contributed by atoms with Crippen molar-refractivity contribution >= 4 is 17.7 Å². The molecule has 0 unspecified atom stereocenters. The number of carboxylic acid groups (broad SMARTS) is 1. The number of hydrogen-bond donors (Lipinski definition) is 3. The number of aryl methyl sites for hydroxylation is 2. The molecule has 3 N–H and O–H groups in total. The lowest BCUT2D eigenvalue weighted by Gasteiger charge is -2.17. The monoisotopic (exact) mass is 470 g/mol. The van der Waals surface area contributed by atoms with Crippen LogP contribution in [-0.2, 0) is 22.4 Å². The van der Waals surface area contributed by atoms with Crippen molar-refractivity contribution in [3.05, 3.63) is 52.7 Å². The first-order valence-electron chi connectivity index (χ1n) is 12.0. The quantitative estimate of drug-likeness (QED) is 0.407. The van der Waals surface area contributed by atoms with E-state index in [0.717, 1.165) is 69.2 Å². The molecule has 182 valence electrons. The summed E-state index contributed by atoms with van der Waals surface area (Å²) >= 11 is 0. The van der Waals surface area contributed by atoms with Crippen LogP contribution in [0.15, 0.2) is 24.5 Å². The molecule has 1 saturated carbocycles. The smallest absolute Gasteiger partial charge is 0.326 e. The molecule has 0 spiro atoms. The second-order valence-corrected chi connectivity index (χ2v) is 8.92. The van der Waals surface area contributed by atoms with Crippen LogP contribution in [-0.4, -0.2) is 52.8 Å². The Morgan fingerprint density at radius 1 is 1.24 bits per heavy atom. The average molecular weight is 471 g/mol. The first-order valence-corrected chi connectivity index (χ1v) is 12.0. The zero-order valence-corrected chi connectivity index (χ0v) is 19.2. The summed E-state index contributed by atoms with van der Waals surface area (Å²) in [7, 11) is 0. The van der Waals surface area contributed by atoms with Crippen molar-refractivity contribution in [3.63, 3.8) is 0 Å². The molecule has 0 saturated heterocycles. The third-order valence-corrected chi connectivity index (χ3v) is 6.25. The summed E-state index contributed by atoms with van der Waals surface area (Å²) in [5.41, 5.74) is 2.77.